The van der Waals surface area contributed by atoms with Crippen LogP contribution in [0.15, 0.2) is 0 Å². The van der Waals surface area contributed by atoms with Gasteiger partial charge in [0.2, 0.25) is 11.8 Å². The molecule has 0 aromatic rings. The molecule has 0 spiro atoms. The Kier molecular flexibility index (Phi) is 4.15. The van der Waals surface area contributed by atoms with Gasteiger partial charge in [-0.25, -0.2) is 0 Å². The lowest BCUT2D eigenvalue weighted by molar-refractivity contribution is -0.125. The summed E-state index contributed by atoms with van der Waals surface area (Å²) in [6.45, 7) is 3.17. The van der Waals surface area contributed by atoms with Crippen LogP contribution in [-0.4, -0.2) is 24.4 Å². The van der Waals surface area contributed by atoms with E-state index in [9.17, 15) is 9.59 Å². The van der Waals surface area contributed by atoms with Gasteiger partial charge in [0.25, 0.3) is 0 Å². The van der Waals surface area contributed by atoms with Crippen LogP contribution in [-0.2, 0) is 9.59 Å². The fourth-order valence-corrected chi connectivity index (χ4v) is 2.80. The normalized spacial score (nSPS) is 33.8. The summed E-state index contributed by atoms with van der Waals surface area (Å²) in [5.74, 6) is 1.38. The van der Waals surface area contributed by atoms with Crippen molar-refractivity contribution in [3.05, 3.63) is 0 Å². The maximum absolute atomic E-state index is 11.3. The second-order valence-electron chi connectivity index (χ2n) is 5.54. The molecule has 2 fully saturated rings. The van der Waals surface area contributed by atoms with Gasteiger partial charge >= 0.3 is 0 Å². The summed E-state index contributed by atoms with van der Waals surface area (Å²) in [4.78, 5) is 22.3. The summed E-state index contributed by atoms with van der Waals surface area (Å²) in [6.07, 6.45) is 6.75. The molecule has 1 aliphatic carbocycles. The average molecular weight is 238 g/mol. The van der Waals surface area contributed by atoms with Crippen molar-refractivity contribution in [3.8, 4) is 0 Å². The fraction of sp³-hybridized carbons (Fsp3) is 0.846. The summed E-state index contributed by atoms with van der Waals surface area (Å²) in [7, 11) is 0. The van der Waals surface area contributed by atoms with Crippen LogP contribution in [0.3, 0.4) is 0 Å². The third-order valence-corrected chi connectivity index (χ3v) is 4.05. The molecule has 2 rings (SSSR count). The maximum Gasteiger partial charge on any atom is 0.244 e. The molecule has 0 aromatic heterocycles. The van der Waals surface area contributed by atoms with Gasteiger partial charge in [-0.3, -0.25) is 14.9 Å². The van der Waals surface area contributed by atoms with Crippen LogP contribution in [0.5, 0.6) is 0 Å². The predicted octanol–water partition coefficient (Wildman–Crippen LogP) is 1.21. The zero-order valence-corrected chi connectivity index (χ0v) is 10.5. The van der Waals surface area contributed by atoms with Crippen LogP contribution in [0.1, 0.15) is 45.4 Å². The molecule has 0 bridgehead atoms. The average Bonchev–Trinajstić information content (AvgIpc) is 2.60. The summed E-state index contributed by atoms with van der Waals surface area (Å²) in [5.41, 5.74) is 0. The van der Waals surface area contributed by atoms with Gasteiger partial charge in [-0.1, -0.05) is 32.6 Å². The minimum atomic E-state index is -0.287. The van der Waals surface area contributed by atoms with E-state index in [2.05, 4.69) is 17.6 Å². The number of nitrogens with one attached hydrogen (secondary N) is 2. The minimum absolute atomic E-state index is 0.154. The Labute approximate surface area is 103 Å². The van der Waals surface area contributed by atoms with Crippen molar-refractivity contribution in [1.29, 1.82) is 0 Å². The van der Waals surface area contributed by atoms with Crippen molar-refractivity contribution in [2.24, 2.45) is 11.8 Å². The lowest BCUT2D eigenvalue weighted by Gasteiger charge is -2.26. The van der Waals surface area contributed by atoms with Crippen molar-refractivity contribution in [2.45, 2.75) is 51.5 Å². The number of amides is 2. The van der Waals surface area contributed by atoms with E-state index in [0.29, 0.717) is 6.42 Å². The lowest BCUT2D eigenvalue weighted by Crippen LogP contribution is -2.37. The van der Waals surface area contributed by atoms with Gasteiger partial charge in [-0.05, 0) is 24.8 Å². The number of hydrogen-bond donors (Lipinski definition) is 2. The molecule has 1 aliphatic heterocycles. The minimum Gasteiger partial charge on any atom is -0.305 e. The quantitative estimate of drug-likeness (QED) is 0.724. The van der Waals surface area contributed by atoms with Crippen LogP contribution in [0.25, 0.3) is 0 Å². The first-order valence-electron chi connectivity index (χ1n) is 6.72. The highest BCUT2D eigenvalue weighted by atomic mass is 16.2. The van der Waals surface area contributed by atoms with E-state index < -0.39 is 0 Å². The molecule has 1 saturated heterocycles. The van der Waals surface area contributed by atoms with Gasteiger partial charge < -0.3 is 5.32 Å². The molecular formula is C13H22N2O2. The lowest BCUT2D eigenvalue weighted by atomic mass is 9.81. The number of carbonyl (C=O) groups is 2. The van der Waals surface area contributed by atoms with Gasteiger partial charge in [-0.15, -0.1) is 0 Å². The fourth-order valence-electron chi connectivity index (χ4n) is 2.80. The first-order chi connectivity index (χ1) is 8.15. The molecule has 2 aliphatic rings. The van der Waals surface area contributed by atoms with Crippen molar-refractivity contribution >= 4 is 11.8 Å². The molecule has 1 heterocycles. The zero-order valence-electron chi connectivity index (χ0n) is 10.5. The number of hydrogen-bond acceptors (Lipinski definition) is 3. The second-order valence-corrected chi connectivity index (χ2v) is 5.54. The third-order valence-electron chi connectivity index (χ3n) is 4.05. The molecule has 1 saturated carbocycles. The molecule has 0 aromatic carbocycles. The van der Waals surface area contributed by atoms with E-state index in [1.165, 1.54) is 25.7 Å². The molecule has 1 atom stereocenters. The molecule has 1 unspecified atom stereocenters. The highest BCUT2D eigenvalue weighted by Crippen LogP contribution is 2.29. The van der Waals surface area contributed by atoms with Crippen LogP contribution in [0.2, 0.25) is 0 Å². The Morgan fingerprint density at radius 2 is 1.94 bits per heavy atom. The van der Waals surface area contributed by atoms with E-state index in [-0.39, 0.29) is 17.9 Å². The Balaban J connectivity index is 1.63. The van der Waals surface area contributed by atoms with Gasteiger partial charge in [0.15, 0.2) is 0 Å². The topological polar surface area (TPSA) is 58.2 Å². The van der Waals surface area contributed by atoms with Crippen molar-refractivity contribution < 1.29 is 9.59 Å². The van der Waals surface area contributed by atoms with Crippen molar-refractivity contribution in [2.75, 3.05) is 6.54 Å². The molecule has 0 radical (unpaired) electrons. The third kappa shape index (κ3) is 3.53. The van der Waals surface area contributed by atoms with E-state index in [1.54, 1.807) is 0 Å². The van der Waals surface area contributed by atoms with Crippen LogP contribution < -0.4 is 10.6 Å². The van der Waals surface area contributed by atoms with Gasteiger partial charge in [0, 0.05) is 0 Å². The molecule has 4 nitrogen and oxygen atoms in total. The zero-order chi connectivity index (χ0) is 12.3. The van der Waals surface area contributed by atoms with Crippen LogP contribution in [0, 0.1) is 11.8 Å². The Morgan fingerprint density at radius 3 is 2.53 bits per heavy atom. The first kappa shape index (κ1) is 12.6. The van der Waals surface area contributed by atoms with Gasteiger partial charge in [0.05, 0.1) is 12.5 Å². The first-order valence-corrected chi connectivity index (χ1v) is 6.72. The molecular weight excluding hydrogens is 216 g/mol. The molecule has 17 heavy (non-hydrogen) atoms. The van der Waals surface area contributed by atoms with Gasteiger partial charge in [0.1, 0.15) is 0 Å². The van der Waals surface area contributed by atoms with Crippen molar-refractivity contribution in [1.82, 2.24) is 10.6 Å². The highest BCUT2D eigenvalue weighted by Gasteiger charge is 2.29. The van der Waals surface area contributed by atoms with E-state index in [1.807, 2.05) is 0 Å². The van der Waals surface area contributed by atoms with E-state index in [0.717, 1.165) is 24.8 Å². The SMILES string of the molecule is CC1CCC(CCNC2CC(=O)NC2=O)CC1. The number of carbonyl (C=O) groups excluding carboxylic acids is 2. The molecule has 4 heteroatoms. The highest BCUT2D eigenvalue weighted by molar-refractivity contribution is 6.05. The summed E-state index contributed by atoms with van der Waals surface area (Å²) in [6, 6.07) is -0.287. The maximum atomic E-state index is 11.3. The standard InChI is InChI=1S/C13H22N2O2/c1-9-2-4-10(5-3-9)6-7-14-11-8-12(16)15-13(11)17/h9-11,14H,2-8H2,1H3,(H,15,16,17). The smallest absolute Gasteiger partial charge is 0.244 e. The van der Waals surface area contributed by atoms with Crippen LogP contribution >= 0.6 is 0 Å². The monoisotopic (exact) mass is 238 g/mol. The summed E-state index contributed by atoms with van der Waals surface area (Å²) < 4.78 is 0. The Bertz CT molecular complexity index is 296. The Hall–Kier alpha value is -0.900. The summed E-state index contributed by atoms with van der Waals surface area (Å²) >= 11 is 0. The van der Waals surface area contributed by atoms with Gasteiger partial charge in [-0.2, -0.15) is 0 Å². The second kappa shape index (κ2) is 5.63. The summed E-state index contributed by atoms with van der Waals surface area (Å²) in [5, 5.41) is 5.51. The van der Waals surface area contributed by atoms with E-state index in [4.69, 9.17) is 0 Å². The van der Waals surface area contributed by atoms with E-state index >= 15 is 0 Å². The predicted molar refractivity (Wildman–Crippen MR) is 65.3 cm³/mol. The van der Waals surface area contributed by atoms with Crippen molar-refractivity contribution in [3.63, 3.8) is 0 Å². The van der Waals surface area contributed by atoms with Crippen LogP contribution in [0.4, 0.5) is 0 Å². The largest absolute Gasteiger partial charge is 0.305 e. The number of rotatable bonds is 4. The molecule has 96 valence electrons. The molecule has 2 amide bonds. The Morgan fingerprint density at radius 1 is 1.24 bits per heavy atom. The number of imide groups is 1. The molecule has 2 N–H and O–H groups in total.